The SMILES string of the molecule is O=C(CNC(=O)c1ccc(F)cc1F)c1ccc(-c2noc(C(F)(F)F)n2)cc1. The highest BCUT2D eigenvalue weighted by Crippen LogP contribution is 2.29. The van der Waals surface area contributed by atoms with Gasteiger partial charge in [-0.15, -0.1) is 0 Å². The zero-order valence-corrected chi connectivity index (χ0v) is 14.3. The molecule has 0 atom stereocenters. The lowest BCUT2D eigenvalue weighted by atomic mass is 10.1. The van der Waals surface area contributed by atoms with Gasteiger partial charge in [0.25, 0.3) is 5.91 Å². The maximum absolute atomic E-state index is 13.6. The Morgan fingerprint density at radius 2 is 1.72 bits per heavy atom. The number of ketones is 1. The van der Waals surface area contributed by atoms with Crippen LogP contribution < -0.4 is 5.32 Å². The van der Waals surface area contributed by atoms with Crippen molar-refractivity contribution >= 4 is 11.7 Å². The van der Waals surface area contributed by atoms with Crippen LogP contribution in [0.2, 0.25) is 0 Å². The van der Waals surface area contributed by atoms with Crippen LogP contribution in [0.1, 0.15) is 26.6 Å². The van der Waals surface area contributed by atoms with Gasteiger partial charge in [-0.2, -0.15) is 18.2 Å². The van der Waals surface area contributed by atoms with E-state index in [9.17, 15) is 31.5 Å². The van der Waals surface area contributed by atoms with Crippen molar-refractivity contribution in [1.82, 2.24) is 15.5 Å². The average Bonchev–Trinajstić information content (AvgIpc) is 3.16. The molecule has 2 aromatic carbocycles. The molecule has 0 bridgehead atoms. The van der Waals surface area contributed by atoms with Crippen LogP contribution in [0.15, 0.2) is 47.0 Å². The van der Waals surface area contributed by atoms with E-state index in [1.807, 2.05) is 0 Å². The second-order valence-corrected chi connectivity index (χ2v) is 5.73. The first-order valence-electron chi connectivity index (χ1n) is 7.93. The van der Waals surface area contributed by atoms with E-state index in [1.165, 1.54) is 24.3 Å². The summed E-state index contributed by atoms with van der Waals surface area (Å²) in [5, 5.41) is 5.43. The van der Waals surface area contributed by atoms with Crippen molar-refractivity contribution in [2.75, 3.05) is 6.54 Å². The van der Waals surface area contributed by atoms with Gasteiger partial charge in [0.1, 0.15) is 11.6 Å². The minimum Gasteiger partial charge on any atom is -0.344 e. The van der Waals surface area contributed by atoms with Crippen LogP contribution in [-0.4, -0.2) is 28.4 Å². The van der Waals surface area contributed by atoms with Gasteiger partial charge in [-0.3, -0.25) is 9.59 Å². The number of amides is 1. The summed E-state index contributed by atoms with van der Waals surface area (Å²) in [5.74, 6) is -5.17. The molecule has 0 saturated heterocycles. The molecule has 1 amide bonds. The molecular weight excluding hydrogens is 401 g/mol. The lowest BCUT2D eigenvalue weighted by Gasteiger charge is -2.06. The van der Waals surface area contributed by atoms with Crippen molar-refractivity contribution in [3.63, 3.8) is 0 Å². The van der Waals surface area contributed by atoms with Crippen molar-refractivity contribution in [2.24, 2.45) is 0 Å². The number of carbonyl (C=O) groups is 2. The molecular formula is C18H10F5N3O3. The van der Waals surface area contributed by atoms with Crippen LogP contribution in [0.3, 0.4) is 0 Å². The van der Waals surface area contributed by atoms with Gasteiger partial charge < -0.3 is 9.84 Å². The van der Waals surface area contributed by atoms with Gasteiger partial charge in [0.05, 0.1) is 12.1 Å². The van der Waals surface area contributed by atoms with Crippen molar-refractivity contribution in [1.29, 1.82) is 0 Å². The molecule has 0 saturated carbocycles. The molecule has 6 nitrogen and oxygen atoms in total. The van der Waals surface area contributed by atoms with Crippen molar-refractivity contribution < 1.29 is 36.1 Å². The van der Waals surface area contributed by atoms with E-state index < -0.39 is 47.5 Å². The van der Waals surface area contributed by atoms with E-state index in [4.69, 9.17) is 0 Å². The summed E-state index contributed by atoms with van der Waals surface area (Å²) < 4.78 is 68.0. The van der Waals surface area contributed by atoms with Crippen LogP contribution in [-0.2, 0) is 6.18 Å². The van der Waals surface area contributed by atoms with Crippen LogP contribution in [0.25, 0.3) is 11.4 Å². The highest BCUT2D eigenvalue weighted by molar-refractivity contribution is 6.02. The number of carbonyl (C=O) groups excluding carboxylic acids is 2. The third-order valence-corrected chi connectivity index (χ3v) is 3.72. The Balaban J connectivity index is 1.64. The Labute approximate surface area is 159 Å². The van der Waals surface area contributed by atoms with E-state index in [0.717, 1.165) is 12.1 Å². The molecule has 29 heavy (non-hydrogen) atoms. The first-order valence-corrected chi connectivity index (χ1v) is 7.93. The molecule has 1 aromatic heterocycles. The molecule has 0 aliphatic rings. The van der Waals surface area contributed by atoms with E-state index in [2.05, 4.69) is 20.0 Å². The number of hydrogen-bond donors (Lipinski definition) is 1. The average molecular weight is 411 g/mol. The molecule has 0 spiro atoms. The number of nitrogens with one attached hydrogen (secondary N) is 1. The van der Waals surface area contributed by atoms with Gasteiger partial charge >= 0.3 is 12.1 Å². The van der Waals surface area contributed by atoms with Gasteiger partial charge in [0.2, 0.25) is 5.82 Å². The lowest BCUT2D eigenvalue weighted by Crippen LogP contribution is -2.30. The van der Waals surface area contributed by atoms with Gasteiger partial charge in [-0.05, 0) is 12.1 Å². The maximum atomic E-state index is 13.6. The normalized spacial score (nSPS) is 11.3. The highest BCUT2D eigenvalue weighted by atomic mass is 19.4. The third-order valence-electron chi connectivity index (χ3n) is 3.72. The fraction of sp³-hybridized carbons (Fsp3) is 0.111. The molecule has 11 heteroatoms. The maximum Gasteiger partial charge on any atom is 0.471 e. The Morgan fingerprint density at radius 3 is 2.31 bits per heavy atom. The lowest BCUT2D eigenvalue weighted by molar-refractivity contribution is -0.159. The fourth-order valence-electron chi connectivity index (χ4n) is 2.29. The standard InChI is InChI=1S/C18H10F5N3O3/c19-11-5-6-12(13(20)7-11)16(28)24-8-14(27)9-1-3-10(4-2-9)15-25-17(29-26-15)18(21,22)23/h1-7H,8H2,(H,24,28). The van der Waals surface area contributed by atoms with Crippen LogP contribution in [0.5, 0.6) is 0 Å². The molecule has 3 aromatic rings. The van der Waals surface area contributed by atoms with Gasteiger partial charge in [0.15, 0.2) is 5.78 Å². The summed E-state index contributed by atoms with van der Waals surface area (Å²) in [4.78, 5) is 27.3. The summed E-state index contributed by atoms with van der Waals surface area (Å²) in [6.07, 6.45) is -4.77. The number of nitrogens with zero attached hydrogens (tertiary/aromatic N) is 2. The van der Waals surface area contributed by atoms with Gasteiger partial charge in [0, 0.05) is 17.2 Å². The second kappa shape index (κ2) is 7.78. The number of hydrogen-bond acceptors (Lipinski definition) is 5. The van der Waals surface area contributed by atoms with E-state index in [0.29, 0.717) is 6.07 Å². The van der Waals surface area contributed by atoms with E-state index in [-0.39, 0.29) is 17.0 Å². The number of Topliss-reactive ketones (excluding diaryl/α,β-unsaturated/α-hetero) is 1. The summed E-state index contributed by atoms with van der Waals surface area (Å²) in [7, 11) is 0. The predicted octanol–water partition coefficient (Wildman–Crippen LogP) is 3.65. The van der Waals surface area contributed by atoms with Gasteiger partial charge in [-0.25, -0.2) is 8.78 Å². The molecule has 0 fully saturated rings. The zero-order valence-electron chi connectivity index (χ0n) is 14.3. The summed E-state index contributed by atoms with van der Waals surface area (Å²) in [6.45, 7) is -0.477. The smallest absolute Gasteiger partial charge is 0.344 e. The summed E-state index contributed by atoms with van der Waals surface area (Å²) in [5.41, 5.74) is -0.112. The zero-order chi connectivity index (χ0) is 21.2. The molecule has 0 radical (unpaired) electrons. The largest absolute Gasteiger partial charge is 0.471 e. The molecule has 0 aliphatic heterocycles. The number of benzene rings is 2. The topological polar surface area (TPSA) is 85.1 Å². The number of aromatic nitrogens is 2. The van der Waals surface area contributed by atoms with Crippen LogP contribution in [0.4, 0.5) is 22.0 Å². The first-order chi connectivity index (χ1) is 13.6. The number of alkyl halides is 3. The van der Waals surface area contributed by atoms with Gasteiger partial charge in [-0.1, -0.05) is 29.4 Å². The molecule has 3 rings (SSSR count). The Morgan fingerprint density at radius 1 is 1.03 bits per heavy atom. The van der Waals surface area contributed by atoms with Crippen molar-refractivity contribution in [2.45, 2.75) is 6.18 Å². The van der Waals surface area contributed by atoms with Crippen LogP contribution >= 0.6 is 0 Å². The van der Waals surface area contributed by atoms with Crippen molar-refractivity contribution in [3.8, 4) is 11.4 Å². The molecule has 0 unspecified atom stereocenters. The van der Waals surface area contributed by atoms with E-state index in [1.54, 1.807) is 0 Å². The highest BCUT2D eigenvalue weighted by Gasteiger charge is 2.38. The predicted molar refractivity (Wildman–Crippen MR) is 87.8 cm³/mol. The molecule has 1 N–H and O–H groups in total. The number of halogens is 5. The minimum atomic E-state index is -4.77. The van der Waals surface area contributed by atoms with E-state index >= 15 is 0 Å². The summed E-state index contributed by atoms with van der Waals surface area (Å²) in [6, 6.07) is 7.59. The molecule has 150 valence electrons. The van der Waals surface area contributed by atoms with Crippen molar-refractivity contribution in [3.05, 3.63) is 71.1 Å². The Hall–Kier alpha value is -3.63. The fourth-order valence-corrected chi connectivity index (χ4v) is 2.29. The molecule has 1 heterocycles. The second-order valence-electron chi connectivity index (χ2n) is 5.73. The minimum absolute atomic E-state index is 0.133. The first kappa shape index (κ1) is 20.1. The Bertz CT molecular complexity index is 1060. The summed E-state index contributed by atoms with van der Waals surface area (Å²) >= 11 is 0. The third kappa shape index (κ3) is 4.62. The Kier molecular flexibility index (Phi) is 5.39. The molecule has 0 aliphatic carbocycles. The monoisotopic (exact) mass is 411 g/mol. The quantitative estimate of drug-likeness (QED) is 0.512. The van der Waals surface area contributed by atoms with Crippen LogP contribution in [0, 0.1) is 11.6 Å². The number of rotatable bonds is 5.